The van der Waals surface area contributed by atoms with Crippen LogP contribution in [0.4, 0.5) is 0 Å². The third-order valence-corrected chi connectivity index (χ3v) is 3.93. The average molecular weight is 311 g/mol. The predicted molar refractivity (Wildman–Crippen MR) is 85.0 cm³/mol. The number of hydrogen-bond acceptors (Lipinski definition) is 3. The fraction of sp³-hybridized carbons (Fsp3) is 0.235. The number of aromatic nitrogens is 1. The van der Waals surface area contributed by atoms with Crippen molar-refractivity contribution in [1.29, 1.82) is 0 Å². The highest BCUT2D eigenvalue weighted by Crippen LogP contribution is 2.25. The minimum absolute atomic E-state index is 0.196. The van der Waals surface area contributed by atoms with E-state index >= 15 is 0 Å². The van der Waals surface area contributed by atoms with E-state index in [2.05, 4.69) is 10.3 Å². The van der Waals surface area contributed by atoms with Gasteiger partial charge >= 0.3 is 0 Å². The number of benzene rings is 1. The zero-order chi connectivity index (χ0) is 16.4. The standard InChI is InChI=1S/C17H17N3O3/c1-11-13(7-8-14(21)19-11)17(23)20-10-9-18-16(22)15(20)12-5-3-2-4-6-12/h2-8,15H,9-10H2,1H3,(H,18,22)(H,19,21). The molecule has 1 unspecified atom stereocenters. The minimum Gasteiger partial charge on any atom is -0.352 e. The molecule has 0 bridgehead atoms. The molecule has 0 aliphatic carbocycles. The molecule has 1 saturated heterocycles. The van der Waals surface area contributed by atoms with Crippen molar-refractivity contribution in [3.8, 4) is 0 Å². The second-order valence-electron chi connectivity index (χ2n) is 5.46. The summed E-state index contributed by atoms with van der Waals surface area (Å²) in [5.41, 5.74) is 1.41. The summed E-state index contributed by atoms with van der Waals surface area (Å²) in [5, 5.41) is 2.80. The summed E-state index contributed by atoms with van der Waals surface area (Å²) in [6, 6.07) is 11.4. The molecule has 1 atom stereocenters. The van der Waals surface area contributed by atoms with Gasteiger partial charge in [-0.15, -0.1) is 0 Å². The predicted octanol–water partition coefficient (Wildman–Crippen LogP) is 0.997. The molecular weight excluding hydrogens is 294 g/mol. The number of piperazine rings is 1. The summed E-state index contributed by atoms with van der Waals surface area (Å²) in [5.74, 6) is -0.458. The maximum Gasteiger partial charge on any atom is 0.256 e. The lowest BCUT2D eigenvalue weighted by atomic mass is 10.0. The van der Waals surface area contributed by atoms with Gasteiger partial charge in [0.25, 0.3) is 5.91 Å². The van der Waals surface area contributed by atoms with E-state index in [0.717, 1.165) is 5.56 Å². The number of aromatic amines is 1. The Morgan fingerprint density at radius 3 is 2.57 bits per heavy atom. The van der Waals surface area contributed by atoms with Crippen molar-refractivity contribution in [2.75, 3.05) is 13.1 Å². The van der Waals surface area contributed by atoms with Gasteiger partial charge in [0.1, 0.15) is 6.04 Å². The lowest BCUT2D eigenvalue weighted by molar-refractivity contribution is -0.128. The monoisotopic (exact) mass is 311 g/mol. The zero-order valence-electron chi connectivity index (χ0n) is 12.7. The van der Waals surface area contributed by atoms with Crippen molar-refractivity contribution in [3.63, 3.8) is 0 Å². The summed E-state index contributed by atoms with van der Waals surface area (Å²) in [4.78, 5) is 40.7. The molecular formula is C17H17N3O3. The van der Waals surface area contributed by atoms with Gasteiger partial charge in [0, 0.05) is 24.8 Å². The van der Waals surface area contributed by atoms with Crippen LogP contribution in [0.15, 0.2) is 47.3 Å². The number of amides is 2. The number of rotatable bonds is 2. The van der Waals surface area contributed by atoms with Crippen LogP contribution in [-0.4, -0.2) is 34.8 Å². The first-order chi connectivity index (χ1) is 11.1. The Hall–Kier alpha value is -2.89. The first-order valence-electron chi connectivity index (χ1n) is 7.41. The fourth-order valence-electron chi connectivity index (χ4n) is 2.82. The van der Waals surface area contributed by atoms with Gasteiger partial charge in [0.05, 0.1) is 5.56 Å². The quantitative estimate of drug-likeness (QED) is 0.868. The van der Waals surface area contributed by atoms with Crippen molar-refractivity contribution in [3.05, 3.63) is 69.6 Å². The Kier molecular flexibility index (Phi) is 3.97. The largest absolute Gasteiger partial charge is 0.352 e. The molecule has 2 aromatic rings. The molecule has 3 rings (SSSR count). The van der Waals surface area contributed by atoms with Crippen molar-refractivity contribution in [2.24, 2.45) is 0 Å². The topological polar surface area (TPSA) is 82.3 Å². The van der Waals surface area contributed by atoms with Crippen molar-refractivity contribution < 1.29 is 9.59 Å². The number of aryl methyl sites for hydroxylation is 1. The lowest BCUT2D eigenvalue weighted by Crippen LogP contribution is -2.52. The molecule has 1 aromatic heterocycles. The Labute approximate surface area is 133 Å². The molecule has 23 heavy (non-hydrogen) atoms. The molecule has 6 nitrogen and oxygen atoms in total. The molecule has 1 aliphatic rings. The second-order valence-corrected chi connectivity index (χ2v) is 5.46. The van der Waals surface area contributed by atoms with Gasteiger partial charge in [-0.05, 0) is 18.6 Å². The third-order valence-electron chi connectivity index (χ3n) is 3.93. The molecule has 0 saturated carbocycles. The van der Waals surface area contributed by atoms with Crippen LogP contribution in [0.1, 0.15) is 27.7 Å². The van der Waals surface area contributed by atoms with Crippen molar-refractivity contribution >= 4 is 11.8 Å². The first-order valence-corrected chi connectivity index (χ1v) is 7.41. The van der Waals surface area contributed by atoms with Gasteiger partial charge in [0.15, 0.2) is 0 Å². The van der Waals surface area contributed by atoms with Gasteiger partial charge in [-0.1, -0.05) is 30.3 Å². The fourth-order valence-corrected chi connectivity index (χ4v) is 2.82. The number of carbonyl (C=O) groups is 2. The highest BCUT2D eigenvalue weighted by molar-refractivity contribution is 5.99. The van der Waals surface area contributed by atoms with E-state index in [1.807, 2.05) is 30.3 Å². The van der Waals surface area contributed by atoms with E-state index in [1.165, 1.54) is 12.1 Å². The van der Waals surface area contributed by atoms with Gasteiger partial charge in [0.2, 0.25) is 11.5 Å². The molecule has 1 fully saturated rings. The molecule has 0 radical (unpaired) electrons. The molecule has 1 aliphatic heterocycles. The summed E-state index contributed by atoms with van der Waals surface area (Å²) >= 11 is 0. The Balaban J connectivity index is 2.00. The summed E-state index contributed by atoms with van der Waals surface area (Å²) in [7, 11) is 0. The Morgan fingerprint density at radius 2 is 1.87 bits per heavy atom. The number of nitrogens with zero attached hydrogens (tertiary/aromatic N) is 1. The molecule has 2 amide bonds. The van der Waals surface area contributed by atoms with Crippen LogP contribution in [0, 0.1) is 6.92 Å². The van der Waals surface area contributed by atoms with Gasteiger partial charge in [-0.25, -0.2) is 0 Å². The van der Waals surface area contributed by atoms with Gasteiger partial charge in [-0.3, -0.25) is 14.4 Å². The third kappa shape index (κ3) is 2.88. The Bertz CT molecular complexity index is 798. The van der Waals surface area contributed by atoms with Crippen molar-refractivity contribution in [2.45, 2.75) is 13.0 Å². The molecule has 118 valence electrons. The number of H-pyrrole nitrogens is 1. The van der Waals surface area contributed by atoms with Crippen LogP contribution in [0.2, 0.25) is 0 Å². The van der Waals surface area contributed by atoms with E-state index in [-0.39, 0.29) is 17.4 Å². The highest BCUT2D eigenvalue weighted by atomic mass is 16.2. The van der Waals surface area contributed by atoms with Gasteiger partial charge < -0.3 is 15.2 Å². The van der Waals surface area contributed by atoms with Crippen LogP contribution in [0.5, 0.6) is 0 Å². The van der Waals surface area contributed by atoms with E-state index < -0.39 is 6.04 Å². The second kappa shape index (κ2) is 6.08. The summed E-state index contributed by atoms with van der Waals surface area (Å²) in [6.45, 7) is 2.51. The van der Waals surface area contributed by atoms with Crippen LogP contribution >= 0.6 is 0 Å². The van der Waals surface area contributed by atoms with Crippen molar-refractivity contribution in [1.82, 2.24) is 15.2 Å². The van der Waals surface area contributed by atoms with E-state index in [4.69, 9.17) is 0 Å². The van der Waals surface area contributed by atoms with Crippen LogP contribution in [-0.2, 0) is 4.79 Å². The van der Waals surface area contributed by atoms with Crippen LogP contribution < -0.4 is 10.9 Å². The van der Waals surface area contributed by atoms with Crippen LogP contribution in [0.25, 0.3) is 0 Å². The SMILES string of the molecule is Cc1[nH]c(=O)ccc1C(=O)N1CCNC(=O)C1c1ccccc1. The maximum atomic E-state index is 12.9. The maximum absolute atomic E-state index is 12.9. The smallest absolute Gasteiger partial charge is 0.256 e. The molecule has 0 spiro atoms. The Morgan fingerprint density at radius 1 is 1.13 bits per heavy atom. The number of pyridine rings is 1. The molecule has 2 heterocycles. The number of carbonyl (C=O) groups excluding carboxylic acids is 2. The van der Waals surface area contributed by atoms with Crippen LogP contribution in [0.3, 0.4) is 0 Å². The lowest BCUT2D eigenvalue weighted by Gasteiger charge is -2.35. The van der Waals surface area contributed by atoms with Gasteiger partial charge in [-0.2, -0.15) is 0 Å². The van der Waals surface area contributed by atoms with E-state index in [9.17, 15) is 14.4 Å². The molecule has 6 heteroatoms. The summed E-state index contributed by atoms with van der Waals surface area (Å²) < 4.78 is 0. The minimum atomic E-state index is -0.663. The van der Waals surface area contributed by atoms with E-state index in [1.54, 1.807) is 11.8 Å². The molecule has 2 N–H and O–H groups in total. The highest BCUT2D eigenvalue weighted by Gasteiger charge is 2.35. The van der Waals surface area contributed by atoms with E-state index in [0.29, 0.717) is 24.3 Å². The number of nitrogens with one attached hydrogen (secondary N) is 2. The normalized spacial score (nSPS) is 17.7. The zero-order valence-corrected chi connectivity index (χ0v) is 12.7. The summed E-state index contributed by atoms with van der Waals surface area (Å²) in [6.07, 6.45) is 0. The first kappa shape index (κ1) is 15.0. The number of hydrogen-bond donors (Lipinski definition) is 2. The average Bonchev–Trinajstić information content (AvgIpc) is 2.55. The molecule has 1 aromatic carbocycles.